The third-order valence-corrected chi connectivity index (χ3v) is 1.27. The second-order valence-electron chi connectivity index (χ2n) is 2.24. The van der Waals surface area contributed by atoms with E-state index in [1.807, 2.05) is 12.1 Å². The first kappa shape index (κ1) is 9.19. The van der Waals surface area contributed by atoms with Crippen LogP contribution in [0.25, 0.3) is 0 Å². The topological polar surface area (TPSA) is 47.3 Å². The average molecular weight is 176 g/mol. The number of rotatable bonds is 0. The van der Waals surface area contributed by atoms with Crippen molar-refractivity contribution in [3.8, 4) is 0 Å². The van der Waals surface area contributed by atoms with E-state index >= 15 is 0 Å². The number of ketones is 2. The molecule has 3 heteroatoms. The van der Waals surface area contributed by atoms with Gasteiger partial charge in [0.05, 0.1) is 12.5 Å². The number of hydrogen-bond donors (Lipinski definition) is 0. The molecule has 1 aromatic rings. The fourth-order valence-electron chi connectivity index (χ4n) is 0.677. The lowest BCUT2D eigenvalue weighted by Crippen LogP contribution is -2.08. The Kier molecular flexibility index (Phi) is 3.45. The summed E-state index contributed by atoms with van der Waals surface area (Å²) in [6, 6.07) is 3.67. The number of allylic oxidation sites excluding steroid dienone is 4. The lowest BCUT2D eigenvalue weighted by Gasteiger charge is -1.88. The molecule has 0 fully saturated rings. The molecule has 1 aliphatic rings. The van der Waals surface area contributed by atoms with Crippen LogP contribution in [0.1, 0.15) is 0 Å². The van der Waals surface area contributed by atoms with Gasteiger partial charge in [0.2, 0.25) is 11.6 Å². The van der Waals surface area contributed by atoms with Crippen LogP contribution in [0.3, 0.4) is 0 Å². The lowest BCUT2D eigenvalue weighted by molar-refractivity contribution is -0.131. The van der Waals surface area contributed by atoms with Crippen LogP contribution in [-0.2, 0) is 9.59 Å². The van der Waals surface area contributed by atoms with E-state index in [1.165, 1.54) is 12.2 Å². The normalized spacial score (nSPS) is 13.8. The van der Waals surface area contributed by atoms with E-state index < -0.39 is 11.6 Å². The van der Waals surface area contributed by atoms with Gasteiger partial charge in [-0.3, -0.25) is 9.59 Å². The van der Waals surface area contributed by atoms with Crippen LogP contribution in [0.2, 0.25) is 0 Å². The molecule has 2 rings (SSSR count). The summed E-state index contributed by atoms with van der Waals surface area (Å²) in [5.41, 5.74) is 0. The Morgan fingerprint density at radius 1 is 0.846 bits per heavy atom. The molecule has 0 saturated carbocycles. The van der Waals surface area contributed by atoms with Gasteiger partial charge >= 0.3 is 0 Å². The van der Waals surface area contributed by atoms with Gasteiger partial charge in [-0.15, -0.1) is 0 Å². The Bertz CT molecular complexity index is 292. The van der Waals surface area contributed by atoms with Crippen molar-refractivity contribution in [1.29, 1.82) is 0 Å². The fourth-order valence-corrected chi connectivity index (χ4v) is 0.677. The highest BCUT2D eigenvalue weighted by Gasteiger charge is 2.06. The molecule has 0 unspecified atom stereocenters. The molecule has 0 N–H and O–H groups in total. The SMILES string of the molecule is O=C1C=CC=CC1=O.c1ccoc1. The van der Waals surface area contributed by atoms with Crippen molar-refractivity contribution in [2.75, 3.05) is 0 Å². The van der Waals surface area contributed by atoms with Crippen molar-refractivity contribution >= 4 is 11.6 Å². The first-order valence-electron chi connectivity index (χ1n) is 3.71. The van der Waals surface area contributed by atoms with Gasteiger partial charge in [-0.25, -0.2) is 0 Å². The highest BCUT2D eigenvalue weighted by atomic mass is 16.3. The molecule has 0 amide bonds. The van der Waals surface area contributed by atoms with Crippen molar-refractivity contribution in [3.05, 3.63) is 49.0 Å². The minimum Gasteiger partial charge on any atom is -0.473 e. The van der Waals surface area contributed by atoms with Crippen LogP contribution in [0.5, 0.6) is 0 Å². The standard InChI is InChI=1S/C6H4O2.C4H4O/c7-5-3-1-2-4-6(5)8;1-2-4-5-3-1/h1-4H;1-4H. The molecule has 0 saturated heterocycles. The molecule has 13 heavy (non-hydrogen) atoms. The van der Waals surface area contributed by atoms with Crippen LogP contribution in [-0.4, -0.2) is 11.6 Å². The van der Waals surface area contributed by atoms with E-state index in [2.05, 4.69) is 4.42 Å². The average Bonchev–Trinajstić information content (AvgIpc) is 2.68. The van der Waals surface area contributed by atoms with Crippen molar-refractivity contribution in [1.82, 2.24) is 0 Å². The number of carbonyl (C=O) groups is 2. The van der Waals surface area contributed by atoms with Crippen molar-refractivity contribution in [2.45, 2.75) is 0 Å². The van der Waals surface area contributed by atoms with Crippen molar-refractivity contribution in [3.63, 3.8) is 0 Å². The predicted octanol–water partition coefficient (Wildman–Crippen LogP) is 1.53. The molecule has 1 aliphatic carbocycles. The Balaban J connectivity index is 0.000000145. The molecule has 1 heterocycles. The minimum atomic E-state index is -0.437. The quantitative estimate of drug-likeness (QED) is 0.445. The molecule has 66 valence electrons. The zero-order valence-electron chi connectivity index (χ0n) is 6.84. The van der Waals surface area contributed by atoms with Crippen LogP contribution in [0.4, 0.5) is 0 Å². The second kappa shape index (κ2) is 4.87. The van der Waals surface area contributed by atoms with Crippen molar-refractivity contribution in [2.24, 2.45) is 0 Å². The van der Waals surface area contributed by atoms with Gasteiger partial charge in [0.25, 0.3) is 0 Å². The van der Waals surface area contributed by atoms with Gasteiger partial charge in [0, 0.05) is 0 Å². The van der Waals surface area contributed by atoms with Gasteiger partial charge in [-0.2, -0.15) is 0 Å². The Labute approximate surface area is 75.4 Å². The Morgan fingerprint density at radius 3 is 1.54 bits per heavy atom. The van der Waals surface area contributed by atoms with Crippen molar-refractivity contribution < 1.29 is 14.0 Å². The predicted molar refractivity (Wildman–Crippen MR) is 47.0 cm³/mol. The molecular weight excluding hydrogens is 168 g/mol. The van der Waals surface area contributed by atoms with Crippen LogP contribution in [0, 0.1) is 0 Å². The lowest BCUT2D eigenvalue weighted by atomic mass is 10.1. The molecule has 0 radical (unpaired) electrons. The first-order valence-corrected chi connectivity index (χ1v) is 3.71. The molecule has 0 bridgehead atoms. The summed E-state index contributed by atoms with van der Waals surface area (Å²) in [6.07, 6.45) is 8.85. The van der Waals surface area contributed by atoms with E-state index in [0.717, 1.165) is 0 Å². The summed E-state index contributed by atoms with van der Waals surface area (Å²) in [5, 5.41) is 0. The molecule has 0 atom stereocenters. The second-order valence-corrected chi connectivity index (χ2v) is 2.24. The molecular formula is C10H8O3. The van der Waals surface area contributed by atoms with Crippen LogP contribution >= 0.6 is 0 Å². The molecule has 0 spiro atoms. The van der Waals surface area contributed by atoms with E-state index in [0.29, 0.717) is 0 Å². The molecule has 0 aliphatic heterocycles. The summed E-state index contributed by atoms with van der Waals surface area (Å²) < 4.78 is 4.58. The summed E-state index contributed by atoms with van der Waals surface area (Å²) in [7, 11) is 0. The Hall–Kier alpha value is -1.90. The smallest absolute Gasteiger partial charge is 0.225 e. The van der Waals surface area contributed by atoms with E-state index in [9.17, 15) is 9.59 Å². The largest absolute Gasteiger partial charge is 0.473 e. The van der Waals surface area contributed by atoms with Gasteiger partial charge in [-0.05, 0) is 24.3 Å². The van der Waals surface area contributed by atoms with Gasteiger partial charge in [0.1, 0.15) is 0 Å². The zero-order valence-corrected chi connectivity index (χ0v) is 6.84. The summed E-state index contributed by atoms with van der Waals surface area (Å²) >= 11 is 0. The maximum Gasteiger partial charge on any atom is 0.225 e. The number of carbonyl (C=O) groups excluding carboxylic acids is 2. The highest BCUT2D eigenvalue weighted by Crippen LogP contribution is 1.90. The first-order chi connectivity index (χ1) is 6.30. The van der Waals surface area contributed by atoms with E-state index in [4.69, 9.17) is 0 Å². The maximum absolute atomic E-state index is 10.3. The van der Waals surface area contributed by atoms with Gasteiger partial charge < -0.3 is 4.42 Å². The Morgan fingerprint density at radius 2 is 1.31 bits per heavy atom. The monoisotopic (exact) mass is 176 g/mol. The highest BCUT2D eigenvalue weighted by molar-refractivity contribution is 6.46. The zero-order chi connectivity index (χ0) is 9.52. The third kappa shape index (κ3) is 3.33. The molecule has 1 aromatic heterocycles. The summed E-state index contributed by atoms with van der Waals surface area (Å²) in [4.78, 5) is 20.6. The molecule has 0 aromatic carbocycles. The van der Waals surface area contributed by atoms with Crippen LogP contribution in [0.15, 0.2) is 53.4 Å². The molecule has 3 nitrogen and oxygen atoms in total. The van der Waals surface area contributed by atoms with Crippen LogP contribution < -0.4 is 0 Å². The third-order valence-electron chi connectivity index (χ3n) is 1.27. The number of hydrogen-bond acceptors (Lipinski definition) is 3. The maximum atomic E-state index is 10.3. The summed E-state index contributed by atoms with van der Waals surface area (Å²) in [5.74, 6) is -0.875. The summed E-state index contributed by atoms with van der Waals surface area (Å²) in [6.45, 7) is 0. The van der Waals surface area contributed by atoms with E-state index in [1.54, 1.807) is 24.7 Å². The minimum absolute atomic E-state index is 0.437. The van der Waals surface area contributed by atoms with Gasteiger partial charge in [-0.1, -0.05) is 12.2 Å². The van der Waals surface area contributed by atoms with Gasteiger partial charge in [0.15, 0.2) is 0 Å². The fraction of sp³-hybridized carbons (Fsp3) is 0. The van der Waals surface area contributed by atoms with E-state index in [-0.39, 0.29) is 0 Å². The number of furan rings is 1.